The average Bonchev–Trinajstić information content (AvgIpc) is 2.67. The molecule has 0 aliphatic carbocycles. The molecule has 0 atom stereocenters. The SMILES string of the molecule is CN1CCN(C(=O)c2ccccn2)Cc2cccnc21. The van der Waals surface area contributed by atoms with E-state index in [0.29, 0.717) is 18.8 Å². The van der Waals surface area contributed by atoms with Crippen LogP contribution >= 0.6 is 0 Å². The van der Waals surface area contributed by atoms with Crippen molar-refractivity contribution in [2.75, 3.05) is 25.0 Å². The van der Waals surface area contributed by atoms with Crippen molar-refractivity contribution in [1.29, 1.82) is 0 Å². The van der Waals surface area contributed by atoms with E-state index in [4.69, 9.17) is 0 Å². The Morgan fingerprint density at radius 3 is 2.75 bits per heavy atom. The molecular weight excluding hydrogens is 252 g/mol. The fourth-order valence-electron chi connectivity index (χ4n) is 2.38. The van der Waals surface area contributed by atoms with Crippen LogP contribution in [0, 0.1) is 0 Å². The summed E-state index contributed by atoms with van der Waals surface area (Å²) in [5.41, 5.74) is 1.55. The van der Waals surface area contributed by atoms with Gasteiger partial charge in [0.15, 0.2) is 0 Å². The molecule has 0 fully saturated rings. The first-order valence-electron chi connectivity index (χ1n) is 6.61. The quantitative estimate of drug-likeness (QED) is 0.787. The third kappa shape index (κ3) is 2.34. The van der Waals surface area contributed by atoms with Gasteiger partial charge in [0.05, 0.1) is 0 Å². The summed E-state index contributed by atoms with van der Waals surface area (Å²) in [5.74, 6) is 0.916. The molecule has 2 aromatic rings. The fourth-order valence-corrected chi connectivity index (χ4v) is 2.38. The molecule has 5 heteroatoms. The zero-order chi connectivity index (χ0) is 13.9. The third-order valence-corrected chi connectivity index (χ3v) is 3.47. The lowest BCUT2D eigenvalue weighted by molar-refractivity contribution is 0.0746. The molecule has 3 rings (SSSR count). The second-order valence-corrected chi connectivity index (χ2v) is 4.85. The number of carbonyl (C=O) groups is 1. The van der Waals surface area contributed by atoms with Crippen molar-refractivity contribution in [2.45, 2.75) is 6.54 Å². The van der Waals surface area contributed by atoms with Crippen LogP contribution in [0.1, 0.15) is 16.1 Å². The zero-order valence-corrected chi connectivity index (χ0v) is 11.4. The number of pyridine rings is 2. The minimum absolute atomic E-state index is 0.0318. The van der Waals surface area contributed by atoms with Gasteiger partial charge in [-0.05, 0) is 18.2 Å². The number of fused-ring (bicyclic) bond motifs is 1. The van der Waals surface area contributed by atoms with Gasteiger partial charge in [-0.25, -0.2) is 4.98 Å². The van der Waals surface area contributed by atoms with Crippen LogP contribution < -0.4 is 4.90 Å². The second kappa shape index (κ2) is 5.28. The van der Waals surface area contributed by atoms with Gasteiger partial charge < -0.3 is 9.80 Å². The fraction of sp³-hybridized carbons (Fsp3) is 0.267. The van der Waals surface area contributed by atoms with Gasteiger partial charge in [-0.15, -0.1) is 0 Å². The monoisotopic (exact) mass is 268 g/mol. The highest BCUT2D eigenvalue weighted by Crippen LogP contribution is 2.21. The van der Waals surface area contributed by atoms with Crippen molar-refractivity contribution in [3.8, 4) is 0 Å². The van der Waals surface area contributed by atoms with E-state index < -0.39 is 0 Å². The van der Waals surface area contributed by atoms with Crippen molar-refractivity contribution in [3.05, 3.63) is 54.0 Å². The largest absolute Gasteiger partial charge is 0.358 e. The van der Waals surface area contributed by atoms with Crippen molar-refractivity contribution < 1.29 is 4.79 Å². The van der Waals surface area contributed by atoms with E-state index in [1.807, 2.05) is 36.2 Å². The van der Waals surface area contributed by atoms with Gasteiger partial charge in [-0.3, -0.25) is 9.78 Å². The van der Waals surface area contributed by atoms with Gasteiger partial charge >= 0.3 is 0 Å². The molecule has 0 N–H and O–H groups in total. The molecule has 0 saturated heterocycles. The summed E-state index contributed by atoms with van der Waals surface area (Å²) in [7, 11) is 2.00. The molecule has 2 aromatic heterocycles. The van der Waals surface area contributed by atoms with Crippen LogP contribution in [-0.2, 0) is 6.54 Å². The predicted octanol–water partition coefficient (Wildman–Crippen LogP) is 1.57. The molecule has 0 spiro atoms. The predicted molar refractivity (Wildman–Crippen MR) is 76.5 cm³/mol. The highest BCUT2D eigenvalue weighted by atomic mass is 16.2. The minimum atomic E-state index is -0.0318. The number of aromatic nitrogens is 2. The minimum Gasteiger partial charge on any atom is -0.358 e. The van der Waals surface area contributed by atoms with E-state index in [2.05, 4.69) is 14.9 Å². The van der Waals surface area contributed by atoms with Gasteiger partial charge in [-0.1, -0.05) is 12.1 Å². The lowest BCUT2D eigenvalue weighted by atomic mass is 10.2. The smallest absolute Gasteiger partial charge is 0.272 e. The van der Waals surface area contributed by atoms with Crippen LogP contribution in [0.5, 0.6) is 0 Å². The second-order valence-electron chi connectivity index (χ2n) is 4.85. The van der Waals surface area contributed by atoms with Crippen molar-refractivity contribution in [2.24, 2.45) is 0 Å². The van der Waals surface area contributed by atoms with Crippen LogP contribution in [-0.4, -0.2) is 40.9 Å². The summed E-state index contributed by atoms with van der Waals surface area (Å²) >= 11 is 0. The van der Waals surface area contributed by atoms with Gasteiger partial charge in [0.25, 0.3) is 5.91 Å². The van der Waals surface area contributed by atoms with E-state index in [1.54, 1.807) is 18.5 Å². The van der Waals surface area contributed by atoms with E-state index in [1.165, 1.54) is 0 Å². The number of hydrogen-bond acceptors (Lipinski definition) is 4. The molecule has 1 amide bonds. The Kier molecular flexibility index (Phi) is 3.33. The van der Waals surface area contributed by atoms with Crippen molar-refractivity contribution >= 4 is 11.7 Å². The van der Waals surface area contributed by atoms with E-state index in [0.717, 1.165) is 17.9 Å². The number of nitrogens with zero attached hydrogens (tertiary/aromatic N) is 4. The number of rotatable bonds is 1. The molecule has 102 valence electrons. The molecule has 1 aliphatic heterocycles. The summed E-state index contributed by atoms with van der Waals surface area (Å²) in [6.45, 7) is 2.01. The Bertz CT molecular complexity index is 614. The first-order chi connectivity index (χ1) is 9.75. The van der Waals surface area contributed by atoms with E-state index >= 15 is 0 Å². The summed E-state index contributed by atoms with van der Waals surface area (Å²) in [4.78, 5) is 24.9. The van der Waals surface area contributed by atoms with Gasteiger partial charge in [0.2, 0.25) is 0 Å². The highest BCUT2D eigenvalue weighted by molar-refractivity contribution is 5.92. The Hall–Kier alpha value is -2.43. The van der Waals surface area contributed by atoms with E-state index in [9.17, 15) is 4.79 Å². The number of carbonyl (C=O) groups excluding carboxylic acids is 1. The molecule has 0 radical (unpaired) electrons. The van der Waals surface area contributed by atoms with E-state index in [-0.39, 0.29) is 5.91 Å². The van der Waals surface area contributed by atoms with Gasteiger partial charge in [0, 0.05) is 44.6 Å². The number of hydrogen-bond donors (Lipinski definition) is 0. The number of anilines is 1. The maximum absolute atomic E-state index is 12.5. The van der Waals surface area contributed by atoms with Crippen LogP contribution in [0.3, 0.4) is 0 Å². The summed E-state index contributed by atoms with van der Waals surface area (Å²) in [6.07, 6.45) is 3.43. The Morgan fingerprint density at radius 2 is 1.95 bits per heavy atom. The third-order valence-electron chi connectivity index (χ3n) is 3.47. The molecular formula is C15H16N4O. The maximum atomic E-state index is 12.5. The Balaban J connectivity index is 1.88. The number of likely N-dealkylation sites (N-methyl/N-ethyl adjacent to an activating group) is 1. The summed E-state index contributed by atoms with van der Waals surface area (Å²) in [5, 5.41) is 0. The normalized spacial score (nSPS) is 14.7. The summed E-state index contributed by atoms with van der Waals surface area (Å²) in [6, 6.07) is 9.32. The molecule has 1 aliphatic rings. The first-order valence-corrected chi connectivity index (χ1v) is 6.61. The van der Waals surface area contributed by atoms with Crippen LogP contribution in [0.25, 0.3) is 0 Å². The van der Waals surface area contributed by atoms with Crippen LogP contribution in [0.15, 0.2) is 42.7 Å². The van der Waals surface area contributed by atoms with Crippen LogP contribution in [0.4, 0.5) is 5.82 Å². The summed E-state index contributed by atoms with van der Waals surface area (Å²) < 4.78 is 0. The molecule has 0 unspecified atom stereocenters. The molecule has 3 heterocycles. The lowest BCUT2D eigenvalue weighted by Gasteiger charge is -2.20. The molecule has 0 aromatic carbocycles. The molecule has 5 nitrogen and oxygen atoms in total. The van der Waals surface area contributed by atoms with Crippen molar-refractivity contribution in [1.82, 2.24) is 14.9 Å². The van der Waals surface area contributed by atoms with Crippen LogP contribution in [0.2, 0.25) is 0 Å². The first kappa shape index (κ1) is 12.6. The lowest BCUT2D eigenvalue weighted by Crippen LogP contribution is -2.34. The highest BCUT2D eigenvalue weighted by Gasteiger charge is 2.23. The van der Waals surface area contributed by atoms with Crippen molar-refractivity contribution in [3.63, 3.8) is 0 Å². The average molecular weight is 268 g/mol. The topological polar surface area (TPSA) is 49.3 Å². The molecule has 20 heavy (non-hydrogen) atoms. The molecule has 0 bridgehead atoms. The zero-order valence-electron chi connectivity index (χ0n) is 11.4. The Labute approximate surface area is 117 Å². The molecule has 0 saturated carbocycles. The standard InChI is InChI=1S/C15H16N4O/c1-18-9-10-19(11-12-5-4-8-17-14(12)18)15(20)13-6-2-3-7-16-13/h2-8H,9-11H2,1H3. The number of amides is 1. The Morgan fingerprint density at radius 1 is 1.10 bits per heavy atom. The van der Waals surface area contributed by atoms with Gasteiger partial charge in [-0.2, -0.15) is 0 Å². The maximum Gasteiger partial charge on any atom is 0.272 e. The van der Waals surface area contributed by atoms with Gasteiger partial charge in [0.1, 0.15) is 11.5 Å².